The number of nitrogens with one attached hydrogen (secondary N) is 2. The Hall–Kier alpha value is -0.810. The standard InChI is InChI=1S/C14H27N3O2.ClH/c1-5-8-17(11-6-7-15-9-11)12(18)10-16-13(19)14(2,3)4;/h11,15H,5-10H2,1-4H3,(H,16,19);1H. The van der Waals surface area contributed by atoms with E-state index in [2.05, 4.69) is 17.6 Å². The van der Waals surface area contributed by atoms with Crippen molar-refractivity contribution in [1.29, 1.82) is 0 Å². The molecule has 0 aromatic rings. The molecule has 20 heavy (non-hydrogen) atoms. The minimum atomic E-state index is -0.454. The summed E-state index contributed by atoms with van der Waals surface area (Å²) in [5.41, 5.74) is -0.454. The molecule has 1 saturated heterocycles. The van der Waals surface area contributed by atoms with Gasteiger partial charge < -0.3 is 15.5 Å². The summed E-state index contributed by atoms with van der Waals surface area (Å²) >= 11 is 0. The van der Waals surface area contributed by atoms with Gasteiger partial charge in [0.15, 0.2) is 0 Å². The van der Waals surface area contributed by atoms with E-state index in [0.29, 0.717) is 0 Å². The van der Waals surface area contributed by atoms with Crippen molar-refractivity contribution in [2.24, 2.45) is 5.41 Å². The van der Waals surface area contributed by atoms with Crippen molar-refractivity contribution in [2.75, 3.05) is 26.2 Å². The number of hydrogen-bond donors (Lipinski definition) is 2. The molecule has 0 saturated carbocycles. The summed E-state index contributed by atoms with van der Waals surface area (Å²) in [5.74, 6) is -0.0602. The molecule has 2 amide bonds. The lowest BCUT2D eigenvalue weighted by molar-refractivity contribution is -0.136. The molecule has 0 spiro atoms. The largest absolute Gasteiger partial charge is 0.347 e. The Kier molecular flexibility index (Phi) is 8.13. The van der Waals surface area contributed by atoms with Crippen LogP contribution in [0.5, 0.6) is 0 Å². The molecule has 1 aliphatic heterocycles. The van der Waals surface area contributed by atoms with Gasteiger partial charge in [0.25, 0.3) is 0 Å². The summed E-state index contributed by atoms with van der Waals surface area (Å²) in [6.07, 6.45) is 1.94. The lowest BCUT2D eigenvalue weighted by Gasteiger charge is -2.29. The second-order valence-corrected chi connectivity index (χ2v) is 6.17. The lowest BCUT2D eigenvalue weighted by atomic mass is 9.96. The minimum Gasteiger partial charge on any atom is -0.347 e. The average Bonchev–Trinajstić information content (AvgIpc) is 2.84. The normalized spacial score (nSPS) is 18.3. The van der Waals surface area contributed by atoms with Gasteiger partial charge in [-0.25, -0.2) is 0 Å². The minimum absolute atomic E-state index is 0. The van der Waals surface area contributed by atoms with Crippen molar-refractivity contribution in [1.82, 2.24) is 15.5 Å². The molecule has 1 atom stereocenters. The Morgan fingerprint density at radius 1 is 1.35 bits per heavy atom. The van der Waals surface area contributed by atoms with Crippen LogP contribution < -0.4 is 10.6 Å². The molecule has 0 aromatic carbocycles. The molecule has 5 nitrogen and oxygen atoms in total. The van der Waals surface area contributed by atoms with E-state index >= 15 is 0 Å². The molecular formula is C14H28ClN3O2. The van der Waals surface area contributed by atoms with Gasteiger partial charge in [-0.2, -0.15) is 0 Å². The molecule has 2 N–H and O–H groups in total. The zero-order valence-corrected chi connectivity index (χ0v) is 13.8. The summed E-state index contributed by atoms with van der Waals surface area (Å²) < 4.78 is 0. The van der Waals surface area contributed by atoms with Gasteiger partial charge in [0, 0.05) is 24.5 Å². The Balaban J connectivity index is 0.00000361. The summed E-state index contributed by atoms with van der Waals surface area (Å²) in [6, 6.07) is 0.277. The quantitative estimate of drug-likeness (QED) is 0.801. The molecule has 1 rings (SSSR count). The van der Waals surface area contributed by atoms with Gasteiger partial charge in [0.1, 0.15) is 0 Å². The predicted molar refractivity (Wildman–Crippen MR) is 83.0 cm³/mol. The molecule has 0 radical (unpaired) electrons. The number of rotatable bonds is 5. The van der Waals surface area contributed by atoms with Gasteiger partial charge in [0.05, 0.1) is 6.54 Å². The third-order valence-corrected chi connectivity index (χ3v) is 3.34. The highest BCUT2D eigenvalue weighted by Crippen LogP contribution is 2.13. The fraction of sp³-hybridized carbons (Fsp3) is 0.857. The fourth-order valence-electron chi connectivity index (χ4n) is 2.18. The Bertz CT molecular complexity index is 323. The molecule has 1 aliphatic rings. The van der Waals surface area contributed by atoms with Crippen LogP contribution in [0.25, 0.3) is 0 Å². The first-order valence-electron chi connectivity index (χ1n) is 7.14. The molecule has 0 bridgehead atoms. The van der Waals surface area contributed by atoms with Gasteiger partial charge in [0.2, 0.25) is 11.8 Å². The molecule has 1 heterocycles. The zero-order valence-electron chi connectivity index (χ0n) is 13.0. The smallest absolute Gasteiger partial charge is 0.242 e. The van der Waals surface area contributed by atoms with Gasteiger partial charge >= 0.3 is 0 Å². The highest BCUT2D eigenvalue weighted by molar-refractivity contribution is 5.87. The van der Waals surface area contributed by atoms with E-state index in [1.165, 1.54) is 0 Å². The molecule has 118 valence electrons. The third kappa shape index (κ3) is 5.67. The van der Waals surface area contributed by atoms with Crippen LogP contribution in [0.4, 0.5) is 0 Å². The van der Waals surface area contributed by atoms with Gasteiger partial charge in [-0.05, 0) is 19.4 Å². The topological polar surface area (TPSA) is 61.4 Å². The molecule has 0 aromatic heterocycles. The monoisotopic (exact) mass is 305 g/mol. The summed E-state index contributed by atoms with van der Waals surface area (Å²) in [7, 11) is 0. The van der Waals surface area contributed by atoms with E-state index in [9.17, 15) is 9.59 Å². The van der Waals surface area contributed by atoms with Crippen LogP contribution in [0.15, 0.2) is 0 Å². The van der Waals surface area contributed by atoms with Crippen LogP contribution in [0.3, 0.4) is 0 Å². The maximum atomic E-state index is 12.2. The molecule has 6 heteroatoms. The van der Waals surface area contributed by atoms with Crippen molar-refractivity contribution < 1.29 is 9.59 Å². The highest BCUT2D eigenvalue weighted by Gasteiger charge is 2.27. The molecule has 1 unspecified atom stereocenters. The number of carbonyl (C=O) groups is 2. The van der Waals surface area contributed by atoms with E-state index in [1.807, 2.05) is 25.7 Å². The van der Waals surface area contributed by atoms with Crippen molar-refractivity contribution in [3.8, 4) is 0 Å². The second-order valence-electron chi connectivity index (χ2n) is 6.17. The van der Waals surface area contributed by atoms with Crippen LogP contribution in [-0.2, 0) is 9.59 Å². The maximum Gasteiger partial charge on any atom is 0.242 e. The van der Waals surface area contributed by atoms with Crippen molar-refractivity contribution >= 4 is 24.2 Å². The first kappa shape index (κ1) is 19.2. The summed E-state index contributed by atoms with van der Waals surface area (Å²) in [4.78, 5) is 25.9. The van der Waals surface area contributed by atoms with Gasteiger partial charge in [-0.1, -0.05) is 27.7 Å². The third-order valence-electron chi connectivity index (χ3n) is 3.34. The van der Waals surface area contributed by atoms with Crippen LogP contribution in [0, 0.1) is 5.41 Å². The van der Waals surface area contributed by atoms with Crippen molar-refractivity contribution in [3.63, 3.8) is 0 Å². The van der Waals surface area contributed by atoms with Crippen LogP contribution in [-0.4, -0.2) is 48.9 Å². The van der Waals surface area contributed by atoms with Crippen LogP contribution in [0.1, 0.15) is 40.5 Å². The van der Waals surface area contributed by atoms with E-state index < -0.39 is 5.41 Å². The lowest BCUT2D eigenvalue weighted by Crippen LogP contribution is -2.48. The Morgan fingerprint density at radius 3 is 2.45 bits per heavy atom. The van der Waals surface area contributed by atoms with E-state index in [-0.39, 0.29) is 36.8 Å². The number of hydrogen-bond acceptors (Lipinski definition) is 3. The first-order chi connectivity index (χ1) is 8.86. The zero-order chi connectivity index (χ0) is 14.5. The first-order valence-corrected chi connectivity index (χ1v) is 7.14. The Morgan fingerprint density at radius 2 is 2.00 bits per heavy atom. The van der Waals surface area contributed by atoms with Crippen LogP contribution in [0.2, 0.25) is 0 Å². The van der Waals surface area contributed by atoms with E-state index in [1.54, 1.807) is 0 Å². The van der Waals surface area contributed by atoms with E-state index in [0.717, 1.165) is 32.5 Å². The van der Waals surface area contributed by atoms with Crippen molar-refractivity contribution in [3.05, 3.63) is 0 Å². The van der Waals surface area contributed by atoms with Crippen molar-refractivity contribution in [2.45, 2.75) is 46.6 Å². The number of halogens is 1. The van der Waals surface area contributed by atoms with Crippen LogP contribution >= 0.6 is 12.4 Å². The van der Waals surface area contributed by atoms with Gasteiger partial charge in [-0.15, -0.1) is 12.4 Å². The molecular weight excluding hydrogens is 278 g/mol. The molecule has 1 fully saturated rings. The second kappa shape index (κ2) is 8.47. The number of amides is 2. The Labute approximate surface area is 128 Å². The van der Waals surface area contributed by atoms with Gasteiger partial charge in [-0.3, -0.25) is 9.59 Å². The summed E-state index contributed by atoms with van der Waals surface area (Å²) in [6.45, 7) is 10.3. The fourth-order valence-corrected chi connectivity index (χ4v) is 2.18. The van der Waals surface area contributed by atoms with E-state index in [4.69, 9.17) is 0 Å². The maximum absolute atomic E-state index is 12.2. The highest BCUT2D eigenvalue weighted by atomic mass is 35.5. The summed E-state index contributed by atoms with van der Waals surface area (Å²) in [5, 5.41) is 6.01. The molecule has 0 aliphatic carbocycles. The predicted octanol–water partition coefficient (Wildman–Crippen LogP) is 1.17. The number of nitrogens with zero attached hydrogens (tertiary/aromatic N) is 1. The average molecular weight is 306 g/mol. The number of carbonyl (C=O) groups excluding carboxylic acids is 2. The SMILES string of the molecule is CCCN(C(=O)CNC(=O)C(C)(C)C)C1CCNC1.Cl.